The number of nitrogens with zero attached hydrogens (tertiary/aromatic N) is 2. The third-order valence-electron chi connectivity index (χ3n) is 3.99. The van der Waals surface area contributed by atoms with E-state index in [0.717, 1.165) is 5.56 Å². The van der Waals surface area contributed by atoms with Crippen LogP contribution in [0.3, 0.4) is 0 Å². The number of carbonyl (C=O) groups excluding carboxylic acids is 1. The summed E-state index contributed by atoms with van der Waals surface area (Å²) < 4.78 is 6.57. The fraction of sp³-hybridized carbons (Fsp3) is 0.211. The number of carbonyl (C=O) groups is 1. The predicted molar refractivity (Wildman–Crippen MR) is 97.0 cm³/mol. The highest BCUT2D eigenvalue weighted by Gasteiger charge is 2.14. The predicted octanol–water partition coefficient (Wildman–Crippen LogP) is 2.43. The Morgan fingerprint density at radius 2 is 1.92 bits per heavy atom. The second-order valence-corrected chi connectivity index (χ2v) is 5.85. The van der Waals surface area contributed by atoms with Gasteiger partial charge in [0.25, 0.3) is 5.56 Å². The maximum atomic E-state index is 12.5. The minimum atomic E-state index is -0.224. The van der Waals surface area contributed by atoms with Crippen molar-refractivity contribution in [2.75, 3.05) is 12.4 Å². The lowest BCUT2D eigenvalue weighted by Crippen LogP contribution is -2.24. The van der Waals surface area contributed by atoms with Gasteiger partial charge in [-0.25, -0.2) is 4.68 Å². The molecule has 0 fully saturated rings. The topological polar surface area (TPSA) is 73.2 Å². The minimum absolute atomic E-state index is 0.0612. The number of amides is 1. The van der Waals surface area contributed by atoms with E-state index < -0.39 is 0 Å². The standard InChI is InChI=1S/C19H19N3O3/c1-12-8-9-15(17(10-12)25-3)20-18(23)11-16-13-6-4-5-7-14(13)19(24)22(2)21-16/h4-10H,11H2,1-3H3,(H,20,23). The first-order chi connectivity index (χ1) is 12.0. The number of aromatic nitrogens is 2. The zero-order chi connectivity index (χ0) is 18.0. The van der Waals surface area contributed by atoms with E-state index in [1.807, 2.05) is 25.1 Å². The summed E-state index contributed by atoms with van der Waals surface area (Å²) in [4.78, 5) is 24.6. The molecule has 0 saturated carbocycles. The van der Waals surface area contributed by atoms with E-state index in [4.69, 9.17) is 4.74 Å². The number of rotatable bonds is 4. The average Bonchev–Trinajstić information content (AvgIpc) is 2.61. The van der Waals surface area contributed by atoms with E-state index in [1.54, 1.807) is 38.4 Å². The van der Waals surface area contributed by atoms with Gasteiger partial charge in [-0.2, -0.15) is 5.10 Å². The Bertz CT molecular complexity index is 1010. The van der Waals surface area contributed by atoms with Gasteiger partial charge in [-0.3, -0.25) is 9.59 Å². The summed E-state index contributed by atoms with van der Waals surface area (Å²) in [6, 6.07) is 12.7. The van der Waals surface area contributed by atoms with Gasteiger partial charge >= 0.3 is 0 Å². The fourth-order valence-electron chi connectivity index (χ4n) is 2.75. The largest absolute Gasteiger partial charge is 0.495 e. The van der Waals surface area contributed by atoms with Crippen molar-refractivity contribution in [3.8, 4) is 5.75 Å². The van der Waals surface area contributed by atoms with Crippen LogP contribution in [0.1, 0.15) is 11.3 Å². The molecule has 1 amide bonds. The first-order valence-corrected chi connectivity index (χ1v) is 7.89. The zero-order valence-electron chi connectivity index (χ0n) is 14.4. The number of hydrogen-bond donors (Lipinski definition) is 1. The van der Waals surface area contributed by atoms with E-state index in [0.29, 0.717) is 27.9 Å². The molecular formula is C19H19N3O3. The monoisotopic (exact) mass is 337 g/mol. The normalized spacial score (nSPS) is 10.7. The summed E-state index contributed by atoms with van der Waals surface area (Å²) in [6.07, 6.45) is 0.0612. The second-order valence-electron chi connectivity index (χ2n) is 5.85. The molecule has 1 N–H and O–H groups in total. The van der Waals surface area contributed by atoms with Crippen molar-refractivity contribution in [2.45, 2.75) is 13.3 Å². The maximum Gasteiger partial charge on any atom is 0.274 e. The molecule has 0 aliphatic rings. The van der Waals surface area contributed by atoms with Gasteiger partial charge < -0.3 is 10.1 Å². The molecule has 0 saturated heterocycles. The van der Waals surface area contributed by atoms with Gasteiger partial charge in [-0.1, -0.05) is 24.3 Å². The quantitative estimate of drug-likeness (QED) is 0.793. The maximum absolute atomic E-state index is 12.5. The molecule has 3 aromatic rings. The van der Waals surface area contributed by atoms with E-state index >= 15 is 0 Å². The van der Waals surface area contributed by atoms with Crippen molar-refractivity contribution < 1.29 is 9.53 Å². The van der Waals surface area contributed by atoms with Crippen LogP contribution >= 0.6 is 0 Å². The lowest BCUT2D eigenvalue weighted by molar-refractivity contribution is -0.115. The van der Waals surface area contributed by atoms with E-state index in [2.05, 4.69) is 10.4 Å². The molecule has 3 rings (SSSR count). The van der Waals surface area contributed by atoms with Gasteiger partial charge in [0.15, 0.2) is 0 Å². The van der Waals surface area contributed by atoms with Gasteiger partial charge in [0, 0.05) is 12.4 Å². The van der Waals surface area contributed by atoms with Gasteiger partial charge in [0.05, 0.1) is 30.3 Å². The van der Waals surface area contributed by atoms with E-state index in [1.165, 1.54) is 4.68 Å². The lowest BCUT2D eigenvalue weighted by Gasteiger charge is -2.12. The SMILES string of the molecule is COc1cc(C)ccc1NC(=O)Cc1nn(C)c(=O)c2ccccc12. The molecule has 0 radical (unpaired) electrons. The molecule has 0 aliphatic carbocycles. The molecule has 0 bridgehead atoms. The summed E-state index contributed by atoms with van der Waals surface area (Å²) in [5, 5.41) is 8.34. The highest BCUT2D eigenvalue weighted by molar-refractivity contribution is 5.96. The fourth-order valence-corrected chi connectivity index (χ4v) is 2.75. The van der Waals surface area contributed by atoms with Crippen molar-refractivity contribution in [1.82, 2.24) is 9.78 Å². The number of ether oxygens (including phenoxy) is 1. The minimum Gasteiger partial charge on any atom is -0.495 e. The smallest absolute Gasteiger partial charge is 0.274 e. The van der Waals surface area contributed by atoms with Crippen LogP contribution in [0.15, 0.2) is 47.3 Å². The highest BCUT2D eigenvalue weighted by atomic mass is 16.5. The molecule has 0 aliphatic heterocycles. The van der Waals surface area contributed by atoms with Crippen molar-refractivity contribution >= 4 is 22.4 Å². The van der Waals surface area contributed by atoms with Crippen LogP contribution in [0.5, 0.6) is 5.75 Å². The summed E-state index contributed by atoms with van der Waals surface area (Å²) in [7, 11) is 3.14. The number of anilines is 1. The molecule has 1 aromatic heterocycles. The summed E-state index contributed by atoms with van der Waals surface area (Å²) in [6.45, 7) is 1.95. The van der Waals surface area contributed by atoms with Crippen LogP contribution in [0, 0.1) is 6.92 Å². The second kappa shape index (κ2) is 6.76. The number of aryl methyl sites for hydroxylation is 2. The number of benzene rings is 2. The number of hydrogen-bond acceptors (Lipinski definition) is 4. The first kappa shape index (κ1) is 16.7. The zero-order valence-corrected chi connectivity index (χ0v) is 14.4. The van der Waals surface area contributed by atoms with Gasteiger partial charge in [-0.05, 0) is 30.7 Å². The van der Waals surface area contributed by atoms with Crippen LogP contribution < -0.4 is 15.6 Å². The molecule has 2 aromatic carbocycles. The molecule has 0 atom stereocenters. The molecule has 6 heteroatoms. The molecule has 0 unspecified atom stereocenters. The number of nitrogens with one attached hydrogen (secondary N) is 1. The Morgan fingerprint density at radius 1 is 1.20 bits per heavy atom. The van der Waals surface area contributed by atoms with Crippen molar-refractivity contribution in [3.05, 3.63) is 64.1 Å². The Kier molecular flexibility index (Phi) is 4.52. The van der Waals surface area contributed by atoms with Crippen LogP contribution in [0.25, 0.3) is 10.8 Å². The van der Waals surface area contributed by atoms with Gasteiger partial charge in [0.1, 0.15) is 5.75 Å². The van der Waals surface area contributed by atoms with Crippen LogP contribution in [-0.2, 0) is 18.3 Å². The number of methoxy groups -OCH3 is 1. The van der Waals surface area contributed by atoms with Crippen LogP contribution in [-0.4, -0.2) is 22.8 Å². The van der Waals surface area contributed by atoms with Gasteiger partial charge in [0.2, 0.25) is 5.91 Å². The molecule has 6 nitrogen and oxygen atoms in total. The third kappa shape index (κ3) is 3.38. The summed E-state index contributed by atoms with van der Waals surface area (Å²) in [5.74, 6) is 0.380. The van der Waals surface area contributed by atoms with Crippen LogP contribution in [0.2, 0.25) is 0 Å². The Balaban J connectivity index is 1.91. The lowest BCUT2D eigenvalue weighted by atomic mass is 10.1. The van der Waals surface area contributed by atoms with Crippen molar-refractivity contribution in [1.29, 1.82) is 0 Å². The Labute approximate surface area is 145 Å². The molecule has 0 spiro atoms. The average molecular weight is 337 g/mol. The molecule has 1 heterocycles. The third-order valence-corrected chi connectivity index (χ3v) is 3.99. The Hall–Kier alpha value is -3.15. The van der Waals surface area contributed by atoms with E-state index in [-0.39, 0.29) is 17.9 Å². The van der Waals surface area contributed by atoms with Crippen molar-refractivity contribution in [2.24, 2.45) is 7.05 Å². The van der Waals surface area contributed by atoms with Crippen molar-refractivity contribution in [3.63, 3.8) is 0 Å². The summed E-state index contributed by atoms with van der Waals surface area (Å²) in [5.41, 5.74) is 2.02. The Morgan fingerprint density at radius 3 is 2.64 bits per heavy atom. The first-order valence-electron chi connectivity index (χ1n) is 7.89. The van der Waals surface area contributed by atoms with E-state index in [9.17, 15) is 9.59 Å². The highest BCUT2D eigenvalue weighted by Crippen LogP contribution is 2.25. The summed E-state index contributed by atoms with van der Waals surface area (Å²) >= 11 is 0. The van der Waals surface area contributed by atoms with Gasteiger partial charge in [-0.15, -0.1) is 0 Å². The molecular weight excluding hydrogens is 318 g/mol. The molecule has 25 heavy (non-hydrogen) atoms. The number of fused-ring (bicyclic) bond motifs is 1. The van der Waals surface area contributed by atoms with Crippen LogP contribution in [0.4, 0.5) is 5.69 Å². The molecule has 128 valence electrons.